The van der Waals surface area contributed by atoms with Crippen molar-refractivity contribution in [3.8, 4) is 17.2 Å². The molecule has 18 heteroatoms. The van der Waals surface area contributed by atoms with E-state index in [1.54, 1.807) is 32.3 Å². The van der Waals surface area contributed by atoms with Crippen LogP contribution in [0.25, 0.3) is 0 Å². The number of carbonyl (C=O) groups is 3. The summed E-state index contributed by atoms with van der Waals surface area (Å²) in [7, 11) is 3.11. The fraction of sp³-hybridized carbons (Fsp3) is 0.447. The molecule has 3 aliphatic rings. The summed E-state index contributed by atoms with van der Waals surface area (Å²) in [5.74, 6) is -2.90. The fourth-order valence-corrected chi connectivity index (χ4v) is 9.37. The minimum Gasteiger partial charge on any atom is -0.497 e. The molecule has 1 unspecified atom stereocenters. The van der Waals surface area contributed by atoms with Crippen LogP contribution in [0, 0.1) is 0 Å². The minimum atomic E-state index is -5.08. The molecule has 3 heterocycles. The molecule has 0 saturated carbocycles. The Morgan fingerprint density at radius 3 is 2.14 bits per heavy atom. The van der Waals surface area contributed by atoms with Gasteiger partial charge in [-0.1, -0.05) is 24.1 Å². The standard InChI is InChI=1S/C36H43ClN4O7S.C2HF3O2/c1-38(2)34(42)30-10-9-19-40(30)36(28-20-24(11-15-31(28)47-4)23-39-17-7-6-8-18-39)27-21-25(37)12-14-29(27)41(35(36)43)49(44,45)33-16-13-26(46-3)22-32(33)48-5;3-2(4,5)1(6)7/h11-16,20-22,30H,6-10,17-19,23H2,1-5H3;(H,6,7)/t30-,36?;/m0./s1. The van der Waals surface area contributed by atoms with Crippen LogP contribution in [0.1, 0.15) is 48.8 Å². The molecule has 0 bridgehead atoms. The number of alkyl halides is 3. The number of fused-ring (bicyclic) bond motifs is 1. The highest BCUT2D eigenvalue weighted by Gasteiger charge is 2.63. The van der Waals surface area contributed by atoms with Crippen molar-refractivity contribution in [1.82, 2.24) is 14.7 Å². The van der Waals surface area contributed by atoms with Gasteiger partial charge in [-0.15, -0.1) is 0 Å². The number of benzene rings is 3. The summed E-state index contributed by atoms with van der Waals surface area (Å²) in [4.78, 5) is 43.9. The van der Waals surface area contributed by atoms with E-state index in [1.807, 2.05) is 23.1 Å². The first-order valence-corrected chi connectivity index (χ1v) is 19.5. The summed E-state index contributed by atoms with van der Waals surface area (Å²) in [6.07, 6.45) is -0.567. The molecule has 2 saturated heterocycles. The van der Waals surface area contributed by atoms with Gasteiger partial charge < -0.3 is 24.2 Å². The molecular weight excluding hydrogens is 781 g/mol. The number of anilines is 1. The van der Waals surface area contributed by atoms with Crippen molar-refractivity contribution in [3.05, 3.63) is 76.3 Å². The third-order valence-corrected chi connectivity index (χ3v) is 12.1. The van der Waals surface area contributed by atoms with Crippen LogP contribution in [0.15, 0.2) is 59.5 Å². The summed E-state index contributed by atoms with van der Waals surface area (Å²) in [6.45, 7) is 2.92. The zero-order chi connectivity index (χ0) is 41.2. The van der Waals surface area contributed by atoms with Crippen LogP contribution in [0.4, 0.5) is 18.9 Å². The first-order valence-electron chi connectivity index (χ1n) is 17.7. The van der Waals surface area contributed by atoms with E-state index >= 15 is 4.79 Å². The van der Waals surface area contributed by atoms with Crippen LogP contribution in [-0.2, 0) is 36.5 Å². The van der Waals surface area contributed by atoms with Gasteiger partial charge in [0.15, 0.2) is 5.54 Å². The Balaban J connectivity index is 0.000000784. The van der Waals surface area contributed by atoms with E-state index in [0.29, 0.717) is 53.6 Å². The predicted molar refractivity (Wildman–Crippen MR) is 201 cm³/mol. The molecule has 3 aromatic rings. The number of amides is 2. The molecular formula is C38H44ClF3N4O9S. The molecule has 0 spiro atoms. The van der Waals surface area contributed by atoms with Crippen LogP contribution < -0.4 is 18.5 Å². The number of piperidine rings is 1. The van der Waals surface area contributed by atoms with Crippen molar-refractivity contribution < 1.29 is 55.3 Å². The lowest BCUT2D eigenvalue weighted by molar-refractivity contribution is -0.192. The van der Waals surface area contributed by atoms with Crippen LogP contribution >= 0.6 is 11.6 Å². The van der Waals surface area contributed by atoms with Crippen LogP contribution in [0.3, 0.4) is 0 Å². The van der Waals surface area contributed by atoms with Crippen LogP contribution in [0.2, 0.25) is 5.02 Å². The molecule has 1 N–H and O–H groups in total. The van der Waals surface area contributed by atoms with Crippen molar-refractivity contribution in [1.29, 1.82) is 0 Å². The lowest BCUT2D eigenvalue weighted by Gasteiger charge is -2.42. The number of likely N-dealkylation sites (N-methyl/N-ethyl adjacent to an activating group) is 1. The maximum atomic E-state index is 15.6. The van der Waals surface area contributed by atoms with Crippen molar-refractivity contribution in [2.75, 3.05) is 59.4 Å². The Labute approximate surface area is 328 Å². The number of carboxylic acids is 1. The predicted octanol–water partition coefficient (Wildman–Crippen LogP) is 5.52. The highest BCUT2D eigenvalue weighted by molar-refractivity contribution is 7.93. The van der Waals surface area contributed by atoms with Crippen LogP contribution in [0.5, 0.6) is 17.2 Å². The Bertz CT molecular complexity index is 2080. The molecule has 6 rings (SSSR count). The van der Waals surface area contributed by atoms with E-state index in [0.717, 1.165) is 35.8 Å². The highest BCUT2D eigenvalue weighted by atomic mass is 35.5. The van der Waals surface area contributed by atoms with Crippen molar-refractivity contribution in [3.63, 3.8) is 0 Å². The van der Waals surface area contributed by atoms with E-state index in [-0.39, 0.29) is 22.2 Å². The van der Waals surface area contributed by atoms with Crippen LogP contribution in [-0.4, -0.2) is 113 Å². The van der Waals surface area contributed by atoms with Gasteiger partial charge in [-0.3, -0.25) is 19.4 Å². The number of hydrogen-bond donors (Lipinski definition) is 1. The van der Waals surface area contributed by atoms with Crippen molar-refractivity contribution in [2.24, 2.45) is 0 Å². The molecule has 2 atom stereocenters. The van der Waals surface area contributed by atoms with Crippen molar-refractivity contribution in [2.45, 2.75) is 61.3 Å². The topological polar surface area (TPSA) is 146 Å². The van der Waals surface area contributed by atoms with Gasteiger partial charge in [0.2, 0.25) is 5.91 Å². The molecule has 2 fully saturated rings. The number of sulfonamides is 1. The lowest BCUT2D eigenvalue weighted by atomic mass is 9.80. The number of halogens is 4. The highest BCUT2D eigenvalue weighted by Crippen LogP contribution is 2.55. The van der Waals surface area contributed by atoms with Crippen molar-refractivity contribution >= 4 is 45.1 Å². The maximum absolute atomic E-state index is 15.6. The quantitative estimate of drug-likeness (QED) is 0.276. The molecule has 304 valence electrons. The number of aliphatic carboxylic acids is 1. The lowest BCUT2D eigenvalue weighted by Crippen LogP contribution is -2.59. The first-order chi connectivity index (χ1) is 26.4. The van der Waals surface area contributed by atoms with E-state index in [9.17, 15) is 26.4 Å². The maximum Gasteiger partial charge on any atom is 0.490 e. The van der Waals surface area contributed by atoms with Gasteiger partial charge in [-0.25, -0.2) is 17.5 Å². The molecule has 0 aliphatic carbocycles. The average molecular weight is 825 g/mol. The number of rotatable bonds is 10. The molecule has 3 aromatic carbocycles. The second-order valence-electron chi connectivity index (χ2n) is 13.7. The van der Waals surface area contributed by atoms with Gasteiger partial charge in [-0.05, 0) is 86.8 Å². The SMILES string of the molecule is COc1ccc(S(=O)(=O)N2C(=O)C(c3cc(CN4CCCCC4)ccc3OC)(N3CCC[C@H]3C(=O)N(C)C)c3cc(Cl)ccc32)c(OC)c1.O=C(O)C(F)(F)F. The van der Waals surface area contributed by atoms with Gasteiger partial charge in [-0.2, -0.15) is 13.2 Å². The van der Waals surface area contributed by atoms with E-state index in [1.165, 1.54) is 50.8 Å². The smallest absolute Gasteiger partial charge is 0.490 e. The third-order valence-electron chi connectivity index (χ3n) is 10.1. The second kappa shape index (κ2) is 16.9. The summed E-state index contributed by atoms with van der Waals surface area (Å²) in [6, 6.07) is 14.1. The first kappa shape index (κ1) is 42.6. The van der Waals surface area contributed by atoms with Gasteiger partial charge in [0.25, 0.3) is 15.9 Å². The monoisotopic (exact) mass is 824 g/mol. The fourth-order valence-electron chi connectivity index (χ4n) is 7.60. The molecule has 2 amide bonds. The number of likely N-dealkylation sites (tertiary alicyclic amines) is 2. The van der Waals surface area contributed by atoms with E-state index in [2.05, 4.69) is 4.90 Å². The molecule has 0 aromatic heterocycles. The zero-order valence-electron chi connectivity index (χ0n) is 31.6. The molecule has 13 nitrogen and oxygen atoms in total. The average Bonchev–Trinajstić information content (AvgIpc) is 3.75. The Morgan fingerprint density at radius 2 is 1.55 bits per heavy atom. The summed E-state index contributed by atoms with van der Waals surface area (Å²) >= 11 is 6.69. The Morgan fingerprint density at radius 1 is 0.893 bits per heavy atom. The number of carbonyl (C=O) groups excluding carboxylic acids is 2. The Kier molecular flexibility index (Phi) is 12.8. The van der Waals surface area contributed by atoms with Gasteiger partial charge in [0.05, 0.1) is 33.1 Å². The summed E-state index contributed by atoms with van der Waals surface area (Å²) in [5.41, 5.74) is 0.104. The number of hydrogen-bond acceptors (Lipinski definition) is 10. The summed E-state index contributed by atoms with van der Waals surface area (Å²) < 4.78 is 79.0. The van der Waals surface area contributed by atoms with Gasteiger partial charge >= 0.3 is 12.1 Å². The molecule has 56 heavy (non-hydrogen) atoms. The van der Waals surface area contributed by atoms with Gasteiger partial charge in [0, 0.05) is 49.4 Å². The molecule has 3 aliphatic heterocycles. The number of methoxy groups -OCH3 is 3. The zero-order valence-corrected chi connectivity index (χ0v) is 33.1. The van der Waals surface area contributed by atoms with Gasteiger partial charge in [0.1, 0.15) is 22.1 Å². The third kappa shape index (κ3) is 7.99. The minimum absolute atomic E-state index is 0.0168. The largest absolute Gasteiger partial charge is 0.497 e. The molecule has 0 radical (unpaired) electrons. The van der Waals surface area contributed by atoms with E-state index < -0.39 is 39.7 Å². The van der Waals surface area contributed by atoms with E-state index in [4.69, 9.17) is 35.7 Å². The Hall–Kier alpha value is -4.58. The number of nitrogens with zero attached hydrogens (tertiary/aromatic N) is 4. The number of carboxylic acid groups (broad SMARTS) is 1. The summed E-state index contributed by atoms with van der Waals surface area (Å²) in [5, 5.41) is 7.44. The number of ether oxygens (including phenoxy) is 3. The second-order valence-corrected chi connectivity index (χ2v) is 15.9. The normalized spacial score (nSPS) is 20.2.